The van der Waals surface area contributed by atoms with Gasteiger partial charge in [-0.2, -0.15) is 0 Å². The van der Waals surface area contributed by atoms with Crippen LogP contribution in [0.4, 0.5) is 0 Å². The zero-order valence-electron chi connectivity index (χ0n) is 76.1. The van der Waals surface area contributed by atoms with Crippen LogP contribution < -0.4 is 0 Å². The van der Waals surface area contributed by atoms with Gasteiger partial charge in [-0.15, -0.1) is 0 Å². The molecule has 0 atom stereocenters. The van der Waals surface area contributed by atoms with Gasteiger partial charge in [0.1, 0.15) is 0 Å². The number of hydrogen-bond donors (Lipinski definition) is 0. The molecule has 640 valence electrons. The van der Waals surface area contributed by atoms with Gasteiger partial charge in [0.05, 0.1) is 49.7 Å². The van der Waals surface area contributed by atoms with E-state index in [1.165, 1.54) is 238 Å². The van der Waals surface area contributed by atoms with Crippen LogP contribution in [-0.2, 0) is 16.2 Å². The Morgan fingerprint density at radius 2 is 0.378 bits per heavy atom. The summed E-state index contributed by atoms with van der Waals surface area (Å²) in [6.07, 6.45) is 6.59. The number of nitrogens with zero attached hydrogens (tertiary/aromatic N) is 6. The molecule has 6 nitrogen and oxygen atoms in total. The summed E-state index contributed by atoms with van der Waals surface area (Å²) in [5, 5.41) is 11.3. The molecule has 0 unspecified atom stereocenters. The average molecular weight is 1730 g/mol. The molecule has 0 N–H and O–H groups in total. The number of aromatic nitrogens is 6. The Labute approximate surface area is 784 Å². The molecule has 6 aromatic heterocycles. The maximum absolute atomic E-state index is 2.44. The van der Waals surface area contributed by atoms with E-state index in [0.29, 0.717) is 0 Å². The van der Waals surface area contributed by atoms with Crippen molar-refractivity contribution in [1.82, 2.24) is 27.4 Å². The molecule has 19 aromatic carbocycles. The van der Waals surface area contributed by atoms with Crippen molar-refractivity contribution in [2.75, 3.05) is 0 Å². The molecular formula is C129H94N6. The van der Waals surface area contributed by atoms with Gasteiger partial charge in [-0.25, -0.2) is 0 Å². The highest BCUT2D eigenvalue weighted by Crippen LogP contribution is 2.55. The Bertz CT molecular complexity index is 8760. The van der Waals surface area contributed by atoms with Crippen LogP contribution in [0.2, 0.25) is 0 Å². The minimum atomic E-state index is -0.0228. The molecule has 0 bridgehead atoms. The first-order valence-corrected chi connectivity index (χ1v) is 47.2. The lowest BCUT2D eigenvalue weighted by atomic mass is 9.81. The van der Waals surface area contributed by atoms with Gasteiger partial charge in [-0.05, 0) is 281 Å². The minimum Gasteiger partial charge on any atom is -0.316 e. The topological polar surface area (TPSA) is 29.6 Å². The van der Waals surface area contributed by atoms with Crippen molar-refractivity contribution in [2.24, 2.45) is 0 Å². The van der Waals surface area contributed by atoms with Crippen molar-refractivity contribution in [2.45, 2.75) is 57.8 Å². The smallest absolute Gasteiger partial charge is 0.0635 e. The summed E-state index contributed by atoms with van der Waals surface area (Å²) < 4.78 is 14.2. The maximum Gasteiger partial charge on any atom is 0.0635 e. The normalized spacial score (nSPS) is 13.4. The van der Waals surface area contributed by atoms with Gasteiger partial charge in [0.25, 0.3) is 0 Å². The van der Waals surface area contributed by atoms with Crippen molar-refractivity contribution in [1.29, 1.82) is 0 Å². The number of fused-ring (bicyclic) bond motifs is 24. The molecule has 0 saturated heterocycles. The van der Waals surface area contributed by atoms with Crippen molar-refractivity contribution in [3.05, 3.63) is 495 Å². The summed E-state index contributed by atoms with van der Waals surface area (Å²) >= 11 is 0. The minimum absolute atomic E-state index is 0.0209. The summed E-state index contributed by atoms with van der Waals surface area (Å²) in [4.78, 5) is 0. The second-order valence-corrected chi connectivity index (χ2v) is 38.3. The van der Waals surface area contributed by atoms with Gasteiger partial charge in [-0.1, -0.05) is 315 Å². The van der Waals surface area contributed by atoms with Crippen LogP contribution in [0.25, 0.3) is 210 Å². The standard InChI is InChI=1S/C47H34N2.2C41H30N2/c1-47(2)42-19-10-9-18-37(42)38-22-20-34(30-43(38)47)32-13-11-12-31(28-32)33-21-24-45-41(29-33)39-23-25-44-40(26-27-48(44)35-14-5-3-6-15-35)46(39)49(45)36-16-7-4-8-17-36;2*1-41(2)36-16-10-9-15-31(36)32-19-17-28(26-37(32)41)27-18-21-39-35(25-27)33-20-22-38-34(23-24-42(38)29-11-5-3-6-12-29)40(33)43(39)30-13-7-4-8-14-30/h3-30H,1-2H3;2*3-26H,1-2H3. The maximum atomic E-state index is 2.44. The molecular weight excluding hydrogens is 1630 g/mol. The largest absolute Gasteiger partial charge is 0.316 e. The highest BCUT2D eigenvalue weighted by molar-refractivity contribution is 6.22. The van der Waals surface area contributed by atoms with E-state index in [1.54, 1.807) is 0 Å². The zero-order chi connectivity index (χ0) is 90.1. The molecule has 0 saturated carbocycles. The van der Waals surface area contributed by atoms with Gasteiger partial charge in [0.15, 0.2) is 0 Å². The number of benzene rings is 19. The lowest BCUT2D eigenvalue weighted by molar-refractivity contribution is 0.660. The van der Waals surface area contributed by atoms with Crippen LogP contribution in [0.15, 0.2) is 461 Å². The predicted octanol–water partition coefficient (Wildman–Crippen LogP) is 33.8. The van der Waals surface area contributed by atoms with E-state index >= 15 is 0 Å². The van der Waals surface area contributed by atoms with Crippen LogP contribution in [0, 0.1) is 0 Å². The molecule has 0 spiro atoms. The highest BCUT2D eigenvalue weighted by atomic mass is 15.0. The van der Waals surface area contributed by atoms with E-state index in [-0.39, 0.29) is 16.2 Å². The molecule has 6 heteroatoms. The van der Waals surface area contributed by atoms with Gasteiger partial charge in [0.2, 0.25) is 0 Å². The summed E-state index contributed by atoms with van der Waals surface area (Å²) in [6, 6.07) is 162. The molecule has 25 aromatic rings. The van der Waals surface area contributed by atoms with Crippen LogP contribution >= 0.6 is 0 Å². The third kappa shape index (κ3) is 12.4. The van der Waals surface area contributed by atoms with Crippen molar-refractivity contribution in [3.63, 3.8) is 0 Å². The first-order valence-electron chi connectivity index (χ1n) is 47.2. The van der Waals surface area contributed by atoms with Crippen molar-refractivity contribution >= 4 is 98.1 Å². The van der Waals surface area contributed by atoms with Crippen LogP contribution in [-0.4, -0.2) is 27.4 Å². The van der Waals surface area contributed by atoms with E-state index in [9.17, 15) is 0 Å². The first kappa shape index (κ1) is 79.2. The van der Waals surface area contributed by atoms with E-state index in [2.05, 4.69) is 530 Å². The molecule has 6 heterocycles. The molecule has 3 aliphatic carbocycles. The molecule has 0 aliphatic heterocycles. The molecule has 135 heavy (non-hydrogen) atoms. The Morgan fingerprint density at radius 1 is 0.148 bits per heavy atom. The molecule has 0 fully saturated rings. The number of hydrogen-bond acceptors (Lipinski definition) is 0. The van der Waals surface area contributed by atoms with Crippen LogP contribution in [0.1, 0.15) is 74.9 Å². The fraction of sp³-hybridized carbons (Fsp3) is 0.0698. The molecule has 0 radical (unpaired) electrons. The second kappa shape index (κ2) is 30.7. The summed E-state index contributed by atoms with van der Waals surface area (Å²) in [7, 11) is 0. The van der Waals surface area contributed by atoms with E-state index in [0.717, 1.165) is 5.69 Å². The summed E-state index contributed by atoms with van der Waals surface area (Å²) in [5.74, 6) is 0. The van der Waals surface area contributed by atoms with E-state index in [4.69, 9.17) is 0 Å². The average Bonchev–Trinajstić information content (AvgIpc) is 1.59. The monoisotopic (exact) mass is 1730 g/mol. The predicted molar refractivity (Wildman–Crippen MR) is 567 cm³/mol. The Balaban J connectivity index is 0.000000106. The molecule has 3 aliphatic rings. The third-order valence-corrected chi connectivity index (χ3v) is 29.9. The van der Waals surface area contributed by atoms with Gasteiger partial charge >= 0.3 is 0 Å². The van der Waals surface area contributed by atoms with Gasteiger partial charge in [-0.3, -0.25) is 0 Å². The molecule has 0 amide bonds. The van der Waals surface area contributed by atoms with Gasteiger partial charge in [0, 0.05) is 117 Å². The quantitative estimate of drug-likeness (QED) is 0.131. The Kier molecular flexibility index (Phi) is 18.0. The van der Waals surface area contributed by atoms with Crippen molar-refractivity contribution in [3.8, 4) is 112 Å². The second-order valence-electron chi connectivity index (χ2n) is 38.3. The van der Waals surface area contributed by atoms with Crippen LogP contribution in [0.5, 0.6) is 0 Å². The van der Waals surface area contributed by atoms with E-state index in [1.807, 2.05) is 0 Å². The summed E-state index contributed by atoms with van der Waals surface area (Å²) in [5.41, 5.74) is 44.5. The Morgan fingerprint density at radius 3 is 0.667 bits per heavy atom. The van der Waals surface area contributed by atoms with Crippen molar-refractivity contribution < 1.29 is 0 Å². The number of rotatable bonds is 10. The SMILES string of the molecule is CC1(C)c2ccccc2-c2ccc(-c3ccc4c(c3)c3ccc5c(ccn5-c5ccccc5)c3n4-c3ccccc3)cc21.CC1(C)c2ccccc2-c2ccc(-c3ccc4c(c3)c3ccc5c(ccn5-c5ccccc5)c3n4-c3ccccc3)cc21.CC1(C)c2ccccc2-c2ccc(-c3cccc(-c4ccc5c(c4)c4ccc6c(ccn6-c6ccccc6)c4n5-c4ccccc4)c3)cc21. The highest BCUT2D eigenvalue weighted by Gasteiger charge is 2.39. The fourth-order valence-corrected chi connectivity index (χ4v) is 23.2. The molecule has 28 rings (SSSR count). The first-order chi connectivity index (χ1) is 66.2. The number of para-hydroxylation sites is 6. The van der Waals surface area contributed by atoms with Crippen LogP contribution in [0.3, 0.4) is 0 Å². The van der Waals surface area contributed by atoms with Gasteiger partial charge < -0.3 is 27.4 Å². The Hall–Kier alpha value is -16.8. The zero-order valence-corrected chi connectivity index (χ0v) is 76.1. The van der Waals surface area contributed by atoms with E-state index < -0.39 is 0 Å². The lowest BCUT2D eigenvalue weighted by Crippen LogP contribution is -2.14. The fourth-order valence-electron chi connectivity index (χ4n) is 23.2. The summed E-state index contributed by atoms with van der Waals surface area (Å²) in [6.45, 7) is 14.1. The lowest BCUT2D eigenvalue weighted by Gasteiger charge is -2.22. The third-order valence-electron chi connectivity index (χ3n) is 29.9.